The molecule has 2 heterocycles. The van der Waals surface area contributed by atoms with E-state index >= 15 is 0 Å². The highest BCUT2D eigenvalue weighted by molar-refractivity contribution is 5.75. The molecule has 3 rings (SSSR count). The van der Waals surface area contributed by atoms with Gasteiger partial charge in [-0.25, -0.2) is 4.39 Å². The maximum atomic E-state index is 14.9. The Kier molecular flexibility index (Phi) is 4.90. The van der Waals surface area contributed by atoms with Crippen molar-refractivity contribution in [1.82, 2.24) is 0 Å². The monoisotopic (exact) mass is 338 g/mol. The van der Waals surface area contributed by atoms with E-state index in [9.17, 15) is 9.18 Å². The summed E-state index contributed by atoms with van der Waals surface area (Å²) in [5, 5.41) is 0. The molecule has 0 N–H and O–H groups in total. The lowest BCUT2D eigenvalue weighted by atomic mass is 9.96. The molecule has 0 saturated carbocycles. The van der Waals surface area contributed by atoms with Crippen LogP contribution in [0.1, 0.15) is 32.6 Å². The van der Waals surface area contributed by atoms with Crippen molar-refractivity contribution >= 4 is 5.97 Å². The SMILES string of the molecule is CC(C)(C)C(=O)O[C@H]1CO[C@@H]2CO[C@@H](c3ccccc3)OC2[C@H]1F. The first-order valence-corrected chi connectivity index (χ1v) is 8.15. The predicted molar refractivity (Wildman–Crippen MR) is 84.0 cm³/mol. The molecule has 2 aliphatic rings. The summed E-state index contributed by atoms with van der Waals surface area (Å²) < 4.78 is 37.2. The number of halogens is 1. The van der Waals surface area contributed by atoms with Gasteiger partial charge in [-0.15, -0.1) is 0 Å². The van der Waals surface area contributed by atoms with Crippen LogP contribution in [0.4, 0.5) is 4.39 Å². The Labute approximate surface area is 141 Å². The number of benzene rings is 1. The number of carbonyl (C=O) groups excluding carboxylic acids is 1. The van der Waals surface area contributed by atoms with Crippen LogP contribution in [0.5, 0.6) is 0 Å². The van der Waals surface area contributed by atoms with Crippen LogP contribution in [-0.2, 0) is 23.7 Å². The van der Waals surface area contributed by atoms with Crippen molar-refractivity contribution in [3.05, 3.63) is 35.9 Å². The highest BCUT2D eigenvalue weighted by Gasteiger charge is 2.48. The Morgan fingerprint density at radius 3 is 2.54 bits per heavy atom. The highest BCUT2D eigenvalue weighted by atomic mass is 19.1. The summed E-state index contributed by atoms with van der Waals surface area (Å²) in [6.07, 6.45) is -4.39. The van der Waals surface area contributed by atoms with Crippen molar-refractivity contribution in [3.8, 4) is 0 Å². The van der Waals surface area contributed by atoms with Gasteiger partial charge in [0.05, 0.1) is 18.6 Å². The first-order chi connectivity index (χ1) is 11.4. The van der Waals surface area contributed by atoms with Gasteiger partial charge in [-0.3, -0.25) is 4.79 Å². The van der Waals surface area contributed by atoms with Crippen molar-refractivity contribution in [2.45, 2.75) is 51.5 Å². The third-order valence-electron chi connectivity index (χ3n) is 4.15. The summed E-state index contributed by atoms with van der Waals surface area (Å²) >= 11 is 0. The average molecular weight is 338 g/mol. The number of alkyl halides is 1. The molecule has 1 aromatic carbocycles. The number of ether oxygens (including phenoxy) is 4. The molecule has 0 amide bonds. The fourth-order valence-corrected chi connectivity index (χ4v) is 2.69. The molecule has 1 aromatic rings. The third kappa shape index (κ3) is 3.61. The minimum Gasteiger partial charge on any atom is -0.456 e. The Bertz CT molecular complexity index is 571. The number of carbonyl (C=O) groups is 1. The third-order valence-corrected chi connectivity index (χ3v) is 4.15. The zero-order valence-corrected chi connectivity index (χ0v) is 14.1. The lowest BCUT2D eigenvalue weighted by Crippen LogP contribution is -2.57. The zero-order chi connectivity index (χ0) is 17.3. The van der Waals surface area contributed by atoms with E-state index in [0.29, 0.717) is 0 Å². The normalized spacial score (nSPS) is 33.6. The van der Waals surface area contributed by atoms with Gasteiger partial charge in [-0.2, -0.15) is 0 Å². The maximum Gasteiger partial charge on any atom is 0.311 e. The first-order valence-electron chi connectivity index (χ1n) is 8.15. The summed E-state index contributed by atoms with van der Waals surface area (Å²) in [5.41, 5.74) is 0.122. The molecule has 1 unspecified atom stereocenters. The van der Waals surface area contributed by atoms with Crippen LogP contribution in [0, 0.1) is 5.41 Å². The van der Waals surface area contributed by atoms with Crippen LogP contribution < -0.4 is 0 Å². The van der Waals surface area contributed by atoms with Crippen LogP contribution in [-0.4, -0.2) is 43.7 Å². The Morgan fingerprint density at radius 1 is 1.17 bits per heavy atom. The smallest absolute Gasteiger partial charge is 0.311 e. The second kappa shape index (κ2) is 6.78. The van der Waals surface area contributed by atoms with Gasteiger partial charge in [-0.1, -0.05) is 30.3 Å². The number of hydrogen-bond acceptors (Lipinski definition) is 5. The van der Waals surface area contributed by atoms with Gasteiger partial charge in [0.25, 0.3) is 0 Å². The molecule has 24 heavy (non-hydrogen) atoms. The van der Waals surface area contributed by atoms with E-state index in [1.54, 1.807) is 20.8 Å². The van der Waals surface area contributed by atoms with Gasteiger partial charge in [0.15, 0.2) is 18.6 Å². The fourth-order valence-electron chi connectivity index (χ4n) is 2.69. The second-order valence-corrected chi connectivity index (χ2v) is 7.19. The van der Waals surface area contributed by atoms with Crippen LogP contribution >= 0.6 is 0 Å². The molecule has 6 heteroatoms. The lowest BCUT2D eigenvalue weighted by Gasteiger charge is -2.43. The summed E-state index contributed by atoms with van der Waals surface area (Å²) in [5.74, 6) is -0.455. The van der Waals surface area contributed by atoms with Crippen LogP contribution in [0.15, 0.2) is 30.3 Å². The standard InChI is InChI=1S/C18H23FO5/c1-18(2,3)17(20)23-12-9-21-13-10-22-16(24-15(13)14(12)19)11-7-5-4-6-8-11/h4-8,12-16H,9-10H2,1-3H3/t12-,13+,14-,15?,16+/m0/s1. The van der Waals surface area contributed by atoms with Gasteiger partial charge in [0.2, 0.25) is 0 Å². The largest absolute Gasteiger partial charge is 0.456 e. The van der Waals surface area contributed by atoms with Gasteiger partial charge in [0.1, 0.15) is 12.2 Å². The zero-order valence-electron chi connectivity index (χ0n) is 14.1. The van der Waals surface area contributed by atoms with Crippen LogP contribution in [0.2, 0.25) is 0 Å². The molecule has 0 spiro atoms. The predicted octanol–water partition coefficient (Wildman–Crippen LogP) is 2.80. The summed E-state index contributed by atoms with van der Waals surface area (Å²) in [4.78, 5) is 12.0. The van der Waals surface area contributed by atoms with E-state index in [1.165, 1.54) is 0 Å². The molecule has 2 saturated heterocycles. The van der Waals surface area contributed by atoms with Crippen molar-refractivity contribution in [2.75, 3.05) is 13.2 Å². The summed E-state index contributed by atoms with van der Waals surface area (Å²) in [7, 11) is 0. The van der Waals surface area contributed by atoms with Crippen molar-refractivity contribution in [3.63, 3.8) is 0 Å². The molecule has 132 valence electrons. The highest BCUT2D eigenvalue weighted by Crippen LogP contribution is 2.34. The topological polar surface area (TPSA) is 54.0 Å². The number of hydrogen-bond donors (Lipinski definition) is 0. The minimum atomic E-state index is -1.45. The quantitative estimate of drug-likeness (QED) is 0.776. The van der Waals surface area contributed by atoms with Crippen molar-refractivity contribution in [2.24, 2.45) is 5.41 Å². The minimum absolute atomic E-state index is 0.00682. The van der Waals surface area contributed by atoms with Crippen molar-refractivity contribution in [1.29, 1.82) is 0 Å². The molecule has 0 aliphatic carbocycles. The van der Waals surface area contributed by atoms with Crippen LogP contribution in [0.25, 0.3) is 0 Å². The molecule has 2 fully saturated rings. The van der Waals surface area contributed by atoms with E-state index in [-0.39, 0.29) is 13.2 Å². The van der Waals surface area contributed by atoms with E-state index in [2.05, 4.69) is 0 Å². The van der Waals surface area contributed by atoms with Crippen LogP contribution in [0.3, 0.4) is 0 Å². The van der Waals surface area contributed by atoms with Gasteiger partial charge >= 0.3 is 5.97 Å². The van der Waals surface area contributed by atoms with E-state index < -0.39 is 42.2 Å². The van der Waals surface area contributed by atoms with E-state index in [1.807, 2.05) is 30.3 Å². The van der Waals surface area contributed by atoms with E-state index in [0.717, 1.165) is 5.56 Å². The molecule has 2 aliphatic heterocycles. The summed E-state index contributed by atoms with van der Waals surface area (Å²) in [6, 6.07) is 9.34. The van der Waals surface area contributed by atoms with Gasteiger partial charge in [0, 0.05) is 5.56 Å². The molecular weight excluding hydrogens is 315 g/mol. The Balaban J connectivity index is 1.68. The molecule has 5 nitrogen and oxygen atoms in total. The first kappa shape index (κ1) is 17.3. The maximum absolute atomic E-state index is 14.9. The molecule has 0 bridgehead atoms. The second-order valence-electron chi connectivity index (χ2n) is 7.19. The van der Waals surface area contributed by atoms with Gasteiger partial charge < -0.3 is 18.9 Å². The lowest BCUT2D eigenvalue weighted by molar-refractivity contribution is -0.306. The van der Waals surface area contributed by atoms with Gasteiger partial charge in [-0.05, 0) is 20.8 Å². The molecule has 0 radical (unpaired) electrons. The molecular formula is C18H23FO5. The van der Waals surface area contributed by atoms with E-state index in [4.69, 9.17) is 18.9 Å². The molecule has 0 aromatic heterocycles. The number of esters is 1. The molecule has 5 atom stereocenters. The Hall–Kier alpha value is -1.50. The number of fused-ring (bicyclic) bond motifs is 1. The average Bonchev–Trinajstić information content (AvgIpc) is 2.57. The summed E-state index contributed by atoms with van der Waals surface area (Å²) in [6.45, 7) is 5.43. The van der Waals surface area contributed by atoms with Crippen molar-refractivity contribution < 1.29 is 28.1 Å². The number of rotatable bonds is 2. The fraction of sp³-hybridized carbons (Fsp3) is 0.611. The Morgan fingerprint density at radius 2 is 1.88 bits per heavy atom.